The number of aromatic carboxylic acids is 1. The highest BCUT2D eigenvalue weighted by molar-refractivity contribution is 5.86. The van der Waals surface area contributed by atoms with Gasteiger partial charge in [-0.25, -0.2) is 4.79 Å². The highest BCUT2D eigenvalue weighted by Crippen LogP contribution is 2.29. The van der Waals surface area contributed by atoms with Gasteiger partial charge < -0.3 is 9.52 Å². The Morgan fingerprint density at radius 1 is 1.40 bits per heavy atom. The molecule has 0 radical (unpaired) electrons. The summed E-state index contributed by atoms with van der Waals surface area (Å²) < 4.78 is 5.47. The lowest BCUT2D eigenvalue weighted by atomic mass is 10.1. The maximum absolute atomic E-state index is 11.0. The minimum absolute atomic E-state index is 0.0773. The van der Waals surface area contributed by atoms with Crippen molar-refractivity contribution in [2.24, 2.45) is 0 Å². The number of carbonyl (C=O) groups is 1. The second kappa shape index (κ2) is 5.22. The van der Waals surface area contributed by atoms with E-state index < -0.39 is 5.97 Å². The zero-order valence-corrected chi connectivity index (χ0v) is 12.1. The molecule has 0 spiro atoms. The van der Waals surface area contributed by atoms with Gasteiger partial charge in [0.05, 0.1) is 6.54 Å². The summed E-state index contributed by atoms with van der Waals surface area (Å²) in [5, 5.41) is 9.04. The largest absolute Gasteiger partial charge is 0.475 e. The van der Waals surface area contributed by atoms with Crippen molar-refractivity contribution in [1.82, 2.24) is 9.80 Å². The Balaban J connectivity index is 1.69. The number of hydrogen-bond acceptors (Lipinski definition) is 4. The van der Waals surface area contributed by atoms with Crippen LogP contribution in [-0.2, 0) is 6.54 Å². The van der Waals surface area contributed by atoms with E-state index in [2.05, 4.69) is 16.8 Å². The molecule has 3 rings (SSSR count). The standard InChI is InChI=1S/C15H22N2O3/c1-10-7-13(20-14(10)15(18)19)9-17-6-5-11-3-4-12(8-17)16(11)2/h7,11-12H,3-6,8-9H2,1-2H3,(H,18,19). The van der Waals surface area contributed by atoms with Gasteiger partial charge in [-0.05, 0) is 39.3 Å². The molecule has 1 aromatic heterocycles. The molecule has 2 fully saturated rings. The van der Waals surface area contributed by atoms with E-state index in [1.807, 2.05) is 6.07 Å². The van der Waals surface area contributed by atoms with Crippen LogP contribution < -0.4 is 0 Å². The lowest BCUT2D eigenvalue weighted by Gasteiger charge is -2.24. The molecule has 2 saturated heterocycles. The minimum Gasteiger partial charge on any atom is -0.475 e. The zero-order chi connectivity index (χ0) is 14.3. The number of aryl methyl sites for hydroxylation is 1. The second-order valence-electron chi connectivity index (χ2n) is 6.10. The Morgan fingerprint density at radius 3 is 2.85 bits per heavy atom. The Labute approximate surface area is 119 Å². The highest BCUT2D eigenvalue weighted by Gasteiger charge is 2.34. The monoisotopic (exact) mass is 278 g/mol. The van der Waals surface area contributed by atoms with Gasteiger partial charge in [-0.2, -0.15) is 0 Å². The van der Waals surface area contributed by atoms with Crippen LogP contribution in [0, 0.1) is 6.92 Å². The molecule has 2 bridgehead atoms. The number of carboxylic acid groups (broad SMARTS) is 1. The van der Waals surface area contributed by atoms with E-state index in [9.17, 15) is 4.79 Å². The van der Waals surface area contributed by atoms with Crippen LogP contribution in [0.1, 0.15) is 41.1 Å². The predicted molar refractivity (Wildman–Crippen MR) is 74.9 cm³/mol. The summed E-state index contributed by atoms with van der Waals surface area (Å²) in [4.78, 5) is 15.9. The van der Waals surface area contributed by atoms with Crippen LogP contribution in [0.5, 0.6) is 0 Å². The first-order chi connectivity index (χ1) is 9.54. The topological polar surface area (TPSA) is 56.9 Å². The van der Waals surface area contributed by atoms with Crippen molar-refractivity contribution in [1.29, 1.82) is 0 Å². The van der Waals surface area contributed by atoms with Crippen molar-refractivity contribution >= 4 is 5.97 Å². The van der Waals surface area contributed by atoms with Crippen molar-refractivity contribution in [2.45, 2.75) is 44.8 Å². The number of hydrogen-bond donors (Lipinski definition) is 1. The molecule has 0 amide bonds. The molecule has 0 saturated carbocycles. The number of fused-ring (bicyclic) bond motifs is 2. The summed E-state index contributed by atoms with van der Waals surface area (Å²) in [5.74, 6) is -0.141. The van der Waals surface area contributed by atoms with Gasteiger partial charge in [0.15, 0.2) is 0 Å². The highest BCUT2D eigenvalue weighted by atomic mass is 16.4. The summed E-state index contributed by atoms with van der Waals surface area (Å²) in [5.41, 5.74) is 0.709. The van der Waals surface area contributed by atoms with E-state index in [4.69, 9.17) is 9.52 Å². The minimum atomic E-state index is -0.983. The molecular formula is C15H22N2O3. The van der Waals surface area contributed by atoms with Gasteiger partial charge in [0.1, 0.15) is 5.76 Å². The smallest absolute Gasteiger partial charge is 0.372 e. The molecule has 5 nitrogen and oxygen atoms in total. The number of nitrogens with zero attached hydrogens (tertiary/aromatic N) is 2. The molecule has 2 atom stereocenters. The maximum Gasteiger partial charge on any atom is 0.372 e. The Bertz CT molecular complexity index is 511. The third-order valence-electron chi connectivity index (χ3n) is 4.78. The van der Waals surface area contributed by atoms with E-state index in [0.717, 1.165) is 24.9 Å². The molecule has 110 valence electrons. The fraction of sp³-hybridized carbons (Fsp3) is 0.667. The second-order valence-corrected chi connectivity index (χ2v) is 6.10. The third kappa shape index (κ3) is 2.47. The summed E-state index contributed by atoms with van der Waals surface area (Å²) in [7, 11) is 2.23. The van der Waals surface area contributed by atoms with Crippen LogP contribution in [0.2, 0.25) is 0 Å². The van der Waals surface area contributed by atoms with Crippen molar-refractivity contribution < 1.29 is 14.3 Å². The average Bonchev–Trinajstić information content (AvgIpc) is 2.84. The first-order valence-electron chi connectivity index (χ1n) is 7.31. The summed E-state index contributed by atoms with van der Waals surface area (Å²) >= 11 is 0. The maximum atomic E-state index is 11.0. The lowest BCUT2D eigenvalue weighted by molar-refractivity contribution is 0.0657. The Morgan fingerprint density at radius 2 is 2.15 bits per heavy atom. The molecule has 5 heteroatoms. The van der Waals surface area contributed by atoms with Crippen LogP contribution in [0.4, 0.5) is 0 Å². The van der Waals surface area contributed by atoms with Gasteiger partial charge in [-0.3, -0.25) is 9.80 Å². The Hall–Kier alpha value is -1.33. The fourth-order valence-electron chi connectivity index (χ4n) is 3.58. The SMILES string of the molecule is Cc1cc(CN2CCC3CCC(C2)N3C)oc1C(=O)O. The third-order valence-corrected chi connectivity index (χ3v) is 4.78. The van der Waals surface area contributed by atoms with Crippen molar-refractivity contribution in [3.8, 4) is 0 Å². The van der Waals surface area contributed by atoms with Crippen molar-refractivity contribution in [3.05, 3.63) is 23.2 Å². The molecule has 3 heterocycles. The first-order valence-corrected chi connectivity index (χ1v) is 7.31. The molecule has 1 aromatic rings. The summed E-state index contributed by atoms with van der Waals surface area (Å²) in [6, 6.07) is 3.21. The van der Waals surface area contributed by atoms with Gasteiger partial charge in [0, 0.05) is 30.7 Å². The summed E-state index contributed by atoms with van der Waals surface area (Å²) in [6.07, 6.45) is 3.78. The quantitative estimate of drug-likeness (QED) is 0.916. The average molecular weight is 278 g/mol. The number of rotatable bonds is 3. The summed E-state index contributed by atoms with van der Waals surface area (Å²) in [6.45, 7) is 4.61. The molecular weight excluding hydrogens is 256 g/mol. The van der Waals surface area contributed by atoms with Crippen LogP contribution in [0.3, 0.4) is 0 Å². The normalized spacial score (nSPS) is 27.7. The Kier molecular flexibility index (Phi) is 3.56. The van der Waals surface area contributed by atoms with Crippen LogP contribution in [-0.4, -0.2) is 53.1 Å². The van der Waals surface area contributed by atoms with Gasteiger partial charge in [0.2, 0.25) is 5.76 Å². The molecule has 20 heavy (non-hydrogen) atoms. The molecule has 2 aliphatic rings. The van der Waals surface area contributed by atoms with Crippen molar-refractivity contribution in [2.75, 3.05) is 20.1 Å². The number of carboxylic acids is 1. The van der Waals surface area contributed by atoms with Gasteiger partial charge in [-0.15, -0.1) is 0 Å². The molecule has 2 unspecified atom stereocenters. The lowest BCUT2D eigenvalue weighted by Crippen LogP contribution is -2.36. The number of furan rings is 1. The molecule has 0 aliphatic carbocycles. The first kappa shape index (κ1) is 13.6. The van der Waals surface area contributed by atoms with Crippen LogP contribution in [0.15, 0.2) is 10.5 Å². The van der Waals surface area contributed by atoms with Gasteiger partial charge >= 0.3 is 5.97 Å². The van der Waals surface area contributed by atoms with Gasteiger partial charge in [0.25, 0.3) is 0 Å². The zero-order valence-electron chi connectivity index (χ0n) is 12.1. The number of likely N-dealkylation sites (N-methyl/N-ethyl adjacent to an activating group) is 1. The van der Waals surface area contributed by atoms with Gasteiger partial charge in [-0.1, -0.05) is 0 Å². The van der Waals surface area contributed by atoms with E-state index in [0.29, 0.717) is 18.2 Å². The van der Waals surface area contributed by atoms with E-state index >= 15 is 0 Å². The molecule has 2 aliphatic heterocycles. The number of likely N-dealkylation sites (tertiary alicyclic amines) is 1. The molecule has 1 N–H and O–H groups in total. The molecule has 0 aromatic carbocycles. The van der Waals surface area contributed by atoms with E-state index in [1.165, 1.54) is 19.3 Å². The van der Waals surface area contributed by atoms with Crippen LogP contribution in [0.25, 0.3) is 0 Å². The fourth-order valence-corrected chi connectivity index (χ4v) is 3.58. The van der Waals surface area contributed by atoms with E-state index in [1.54, 1.807) is 6.92 Å². The van der Waals surface area contributed by atoms with E-state index in [-0.39, 0.29) is 5.76 Å². The predicted octanol–water partition coefficient (Wildman–Crippen LogP) is 1.95. The van der Waals surface area contributed by atoms with Crippen molar-refractivity contribution in [3.63, 3.8) is 0 Å². The van der Waals surface area contributed by atoms with Crippen LogP contribution >= 0.6 is 0 Å².